The lowest BCUT2D eigenvalue weighted by Crippen LogP contribution is -2.62. The maximum atomic E-state index is 12.0. The van der Waals surface area contributed by atoms with Crippen LogP contribution in [0.15, 0.2) is 23.0 Å². The Kier molecular flexibility index (Phi) is 4.12. The van der Waals surface area contributed by atoms with Crippen LogP contribution in [0.5, 0.6) is 0 Å². The van der Waals surface area contributed by atoms with E-state index in [9.17, 15) is 14.7 Å². The van der Waals surface area contributed by atoms with Crippen molar-refractivity contribution < 1.29 is 24.5 Å². The third-order valence-electron chi connectivity index (χ3n) is 8.60. The molecule has 0 aliphatic heterocycles. The number of carbonyl (C=O) groups excluding carboxylic acids is 1. The molecule has 0 amide bonds. The van der Waals surface area contributed by atoms with E-state index in [-0.39, 0.29) is 22.5 Å². The second kappa shape index (κ2) is 5.94. The van der Waals surface area contributed by atoms with Crippen LogP contribution < -0.4 is 0 Å². The second-order valence-electron chi connectivity index (χ2n) is 9.50. The first-order chi connectivity index (χ1) is 12.6. The molecule has 5 nitrogen and oxygen atoms in total. The van der Waals surface area contributed by atoms with Crippen LogP contribution in [0.25, 0.3) is 0 Å². The molecule has 27 heavy (non-hydrogen) atoms. The maximum absolute atomic E-state index is 12.0. The van der Waals surface area contributed by atoms with Gasteiger partial charge < -0.3 is 14.9 Å². The Balaban J connectivity index is 1.71. The average molecular weight is 374 g/mol. The van der Waals surface area contributed by atoms with E-state index in [1.165, 1.54) is 0 Å². The van der Waals surface area contributed by atoms with Crippen LogP contribution in [0, 0.1) is 22.7 Å². The van der Waals surface area contributed by atoms with Gasteiger partial charge >= 0.3 is 6.16 Å². The Hall–Kier alpha value is -1.62. The Bertz CT molecular complexity index is 765. The van der Waals surface area contributed by atoms with Crippen molar-refractivity contribution in [2.45, 2.75) is 77.7 Å². The summed E-state index contributed by atoms with van der Waals surface area (Å²) in [6.45, 7) is 6.14. The number of carboxylic acid groups (broad SMARTS) is 1. The van der Waals surface area contributed by atoms with E-state index in [1.807, 2.05) is 0 Å². The van der Waals surface area contributed by atoms with Gasteiger partial charge in [-0.3, -0.25) is 4.79 Å². The molecule has 5 heteroatoms. The Morgan fingerprint density at radius 2 is 1.81 bits per heavy atom. The van der Waals surface area contributed by atoms with Crippen LogP contribution in [0.4, 0.5) is 4.79 Å². The first-order valence-corrected chi connectivity index (χ1v) is 10.2. The van der Waals surface area contributed by atoms with Crippen LogP contribution in [-0.2, 0) is 9.53 Å². The number of rotatable bonds is 1. The number of allylic oxidation sites excluding steroid dienone is 2. The molecular weight excluding hydrogens is 344 g/mol. The van der Waals surface area contributed by atoms with E-state index in [0.29, 0.717) is 24.5 Å². The topological polar surface area (TPSA) is 83.8 Å². The van der Waals surface area contributed by atoms with Gasteiger partial charge in [-0.25, -0.2) is 4.79 Å². The minimum atomic E-state index is -1.26. The summed E-state index contributed by atoms with van der Waals surface area (Å²) in [4.78, 5) is 22.9. The Morgan fingerprint density at radius 1 is 1.11 bits per heavy atom. The number of hydrogen-bond acceptors (Lipinski definition) is 4. The van der Waals surface area contributed by atoms with Crippen molar-refractivity contribution in [3.63, 3.8) is 0 Å². The highest BCUT2D eigenvalue weighted by Crippen LogP contribution is 2.68. The third-order valence-corrected chi connectivity index (χ3v) is 8.60. The van der Waals surface area contributed by atoms with E-state index >= 15 is 0 Å². The standard InChI is InChI=1S/C22H30O5/c1-13(27-19(24)25)16-6-7-17-18-5-4-14-12-15(23)8-9-21(14,3)22(18,26)11-10-20(16,17)2/h12,17-18,26H,4-11H2,1-3H3,(H,24,25)/t17-,18-,20+,21-,22?/m0/s1. The molecule has 4 rings (SSSR count). The van der Waals surface area contributed by atoms with Gasteiger partial charge in [0.25, 0.3) is 0 Å². The zero-order chi connectivity index (χ0) is 19.6. The molecule has 0 aromatic carbocycles. The summed E-state index contributed by atoms with van der Waals surface area (Å²) >= 11 is 0. The molecule has 148 valence electrons. The van der Waals surface area contributed by atoms with E-state index in [4.69, 9.17) is 9.84 Å². The minimum Gasteiger partial charge on any atom is -0.449 e. The van der Waals surface area contributed by atoms with Gasteiger partial charge in [0.1, 0.15) is 5.76 Å². The molecule has 2 N–H and O–H groups in total. The number of carbonyl (C=O) groups is 2. The monoisotopic (exact) mass is 374 g/mol. The molecule has 4 aliphatic carbocycles. The predicted octanol–water partition coefficient (Wildman–Crippen LogP) is 4.60. The van der Waals surface area contributed by atoms with Gasteiger partial charge in [-0.2, -0.15) is 0 Å². The fourth-order valence-corrected chi connectivity index (χ4v) is 7.09. The van der Waals surface area contributed by atoms with Gasteiger partial charge in [0.15, 0.2) is 5.78 Å². The number of ether oxygens (including phenoxy) is 1. The lowest BCUT2D eigenvalue weighted by molar-refractivity contribution is -0.183. The molecule has 0 bridgehead atoms. The highest BCUT2D eigenvalue weighted by molar-refractivity contribution is 5.91. The van der Waals surface area contributed by atoms with Crippen LogP contribution in [-0.4, -0.2) is 27.8 Å². The van der Waals surface area contributed by atoms with Gasteiger partial charge in [0.2, 0.25) is 0 Å². The molecular formula is C22H30O5. The van der Waals surface area contributed by atoms with Crippen molar-refractivity contribution in [2.24, 2.45) is 22.7 Å². The normalized spacial score (nSPS) is 45.3. The van der Waals surface area contributed by atoms with Crippen molar-refractivity contribution in [2.75, 3.05) is 0 Å². The van der Waals surface area contributed by atoms with Crippen molar-refractivity contribution in [1.82, 2.24) is 0 Å². The number of aliphatic hydroxyl groups is 1. The van der Waals surface area contributed by atoms with Gasteiger partial charge in [0, 0.05) is 11.8 Å². The summed E-state index contributed by atoms with van der Waals surface area (Å²) in [5.41, 5.74) is 1.05. The second-order valence-corrected chi connectivity index (χ2v) is 9.50. The lowest BCUT2D eigenvalue weighted by atomic mass is 9.45. The Labute approximate surface area is 160 Å². The molecule has 0 spiro atoms. The minimum absolute atomic E-state index is 0.113. The lowest BCUT2D eigenvalue weighted by Gasteiger charge is -2.62. The van der Waals surface area contributed by atoms with Crippen LogP contribution in [0.2, 0.25) is 0 Å². The van der Waals surface area contributed by atoms with Crippen molar-refractivity contribution in [3.8, 4) is 0 Å². The van der Waals surface area contributed by atoms with Crippen molar-refractivity contribution >= 4 is 11.9 Å². The van der Waals surface area contributed by atoms with Gasteiger partial charge in [-0.15, -0.1) is 0 Å². The zero-order valence-electron chi connectivity index (χ0n) is 16.5. The van der Waals surface area contributed by atoms with Gasteiger partial charge in [0.05, 0.1) is 5.60 Å². The summed E-state index contributed by atoms with van der Waals surface area (Å²) in [6, 6.07) is 0. The largest absolute Gasteiger partial charge is 0.511 e. The SMILES string of the molecule is CC(OC(=O)O)=C1CC[C@H]2[C@@H]3CCC4=CC(=O)CC[C@]4(C)C3(O)CC[C@]12C. The summed E-state index contributed by atoms with van der Waals surface area (Å²) in [7, 11) is 0. The molecule has 3 fully saturated rings. The van der Waals surface area contributed by atoms with E-state index in [0.717, 1.165) is 49.7 Å². The van der Waals surface area contributed by atoms with E-state index in [1.54, 1.807) is 13.0 Å². The average Bonchev–Trinajstić information content (AvgIpc) is 2.93. The summed E-state index contributed by atoms with van der Waals surface area (Å²) < 4.78 is 5.01. The number of ketones is 1. The summed E-state index contributed by atoms with van der Waals surface area (Å²) in [6.07, 6.45) is 6.91. The smallest absolute Gasteiger partial charge is 0.449 e. The van der Waals surface area contributed by atoms with E-state index < -0.39 is 11.8 Å². The first kappa shape index (κ1) is 18.7. The fraction of sp³-hybridized carbons (Fsp3) is 0.727. The summed E-state index contributed by atoms with van der Waals surface area (Å²) in [5.74, 6) is 1.22. The molecule has 0 aromatic rings. The number of fused-ring (bicyclic) bond motifs is 5. The zero-order valence-corrected chi connectivity index (χ0v) is 16.5. The molecule has 0 saturated heterocycles. The van der Waals surface area contributed by atoms with Crippen molar-refractivity contribution in [1.29, 1.82) is 0 Å². The van der Waals surface area contributed by atoms with Crippen LogP contribution in [0.3, 0.4) is 0 Å². The molecule has 0 heterocycles. The molecule has 0 aromatic heterocycles. The third kappa shape index (κ3) is 2.47. The highest BCUT2D eigenvalue weighted by atomic mass is 16.7. The van der Waals surface area contributed by atoms with Crippen LogP contribution in [0.1, 0.15) is 72.1 Å². The molecule has 1 unspecified atom stereocenters. The van der Waals surface area contributed by atoms with Gasteiger partial charge in [-0.1, -0.05) is 19.4 Å². The maximum Gasteiger partial charge on any atom is 0.511 e. The molecule has 5 atom stereocenters. The Morgan fingerprint density at radius 3 is 2.52 bits per heavy atom. The highest BCUT2D eigenvalue weighted by Gasteiger charge is 2.65. The van der Waals surface area contributed by atoms with Crippen LogP contribution >= 0.6 is 0 Å². The van der Waals surface area contributed by atoms with E-state index in [2.05, 4.69) is 13.8 Å². The molecule has 4 aliphatic rings. The predicted molar refractivity (Wildman–Crippen MR) is 100.0 cm³/mol. The quantitative estimate of drug-likeness (QED) is 0.517. The van der Waals surface area contributed by atoms with Crippen molar-refractivity contribution in [3.05, 3.63) is 23.0 Å². The number of hydrogen-bond donors (Lipinski definition) is 2. The fourth-order valence-electron chi connectivity index (χ4n) is 7.09. The molecule has 3 saturated carbocycles. The first-order valence-electron chi connectivity index (χ1n) is 10.2. The summed E-state index contributed by atoms with van der Waals surface area (Å²) in [5, 5.41) is 21.0. The molecule has 0 radical (unpaired) electrons. The van der Waals surface area contributed by atoms with Gasteiger partial charge in [-0.05, 0) is 80.8 Å².